The second-order valence-electron chi connectivity index (χ2n) is 6.95. The van der Waals surface area contributed by atoms with Crippen LogP contribution in [0.5, 0.6) is 0 Å². The smallest absolute Gasteiger partial charge is 0.252 e. The van der Waals surface area contributed by atoms with Crippen LogP contribution >= 0.6 is 0 Å². The number of carbonyl (C=O) groups excluding carboxylic acids is 1. The van der Waals surface area contributed by atoms with E-state index in [2.05, 4.69) is 25.5 Å². The number of morpholine rings is 1. The first-order valence-corrected chi connectivity index (χ1v) is 9.95. The summed E-state index contributed by atoms with van der Waals surface area (Å²) >= 11 is 0. The van der Waals surface area contributed by atoms with E-state index in [0.717, 1.165) is 43.9 Å². The van der Waals surface area contributed by atoms with Gasteiger partial charge in [-0.25, -0.2) is 14.4 Å². The molecule has 4 N–H and O–H groups in total. The number of nitrogens with two attached hydrogens (primary N) is 1. The minimum Gasteiger partial charge on any atom is -0.378 e. The Hall–Kier alpha value is -3.56. The molecule has 0 spiro atoms. The molecule has 0 unspecified atom stereocenters. The average molecular weight is 422 g/mol. The topological polar surface area (TPSA) is 105 Å². The molecule has 9 heteroatoms. The summed E-state index contributed by atoms with van der Waals surface area (Å²) in [6.45, 7) is 3.23. The predicted octanol–water partition coefficient (Wildman–Crippen LogP) is 2.51. The van der Waals surface area contributed by atoms with Gasteiger partial charge in [-0.15, -0.1) is 0 Å². The zero-order valence-corrected chi connectivity index (χ0v) is 16.8. The minimum absolute atomic E-state index is 0.0452. The number of ether oxygens (including phenoxy) is 1. The van der Waals surface area contributed by atoms with Crippen molar-refractivity contribution in [2.75, 3.05) is 43.2 Å². The van der Waals surface area contributed by atoms with E-state index in [1.807, 2.05) is 24.3 Å². The number of halogens is 1. The van der Waals surface area contributed by atoms with Crippen molar-refractivity contribution in [2.24, 2.45) is 5.73 Å². The lowest BCUT2D eigenvalue weighted by molar-refractivity contribution is 0.0955. The predicted molar refractivity (Wildman–Crippen MR) is 117 cm³/mol. The van der Waals surface area contributed by atoms with Crippen LogP contribution in [0.4, 0.5) is 21.7 Å². The Morgan fingerprint density at radius 3 is 2.48 bits per heavy atom. The Morgan fingerprint density at radius 2 is 1.81 bits per heavy atom. The van der Waals surface area contributed by atoms with Crippen LogP contribution in [0.1, 0.15) is 10.4 Å². The van der Waals surface area contributed by atoms with E-state index in [0.29, 0.717) is 11.1 Å². The molecule has 3 aromatic rings. The lowest BCUT2D eigenvalue weighted by Crippen LogP contribution is -2.36. The molecule has 160 valence electrons. The lowest BCUT2D eigenvalue weighted by Gasteiger charge is -2.28. The zero-order valence-electron chi connectivity index (χ0n) is 16.8. The van der Waals surface area contributed by atoms with Gasteiger partial charge in [-0.1, -0.05) is 12.1 Å². The highest BCUT2D eigenvalue weighted by molar-refractivity contribution is 5.94. The number of amides is 1. The van der Waals surface area contributed by atoms with Crippen LogP contribution in [0, 0.1) is 5.82 Å². The van der Waals surface area contributed by atoms with Gasteiger partial charge in [0.25, 0.3) is 5.91 Å². The van der Waals surface area contributed by atoms with E-state index >= 15 is 0 Å². The van der Waals surface area contributed by atoms with Crippen LogP contribution in [-0.2, 0) is 4.74 Å². The summed E-state index contributed by atoms with van der Waals surface area (Å²) in [6.07, 6.45) is 1.13. The summed E-state index contributed by atoms with van der Waals surface area (Å²) in [7, 11) is 0. The molecular formula is C22H23FN6O2. The highest BCUT2D eigenvalue weighted by Crippen LogP contribution is 2.24. The van der Waals surface area contributed by atoms with E-state index in [9.17, 15) is 9.18 Å². The van der Waals surface area contributed by atoms with E-state index in [1.165, 1.54) is 0 Å². The van der Waals surface area contributed by atoms with Crippen molar-refractivity contribution in [1.82, 2.24) is 15.3 Å². The van der Waals surface area contributed by atoms with Crippen molar-refractivity contribution in [3.05, 3.63) is 66.1 Å². The maximum absolute atomic E-state index is 14.4. The minimum atomic E-state index is -0.549. The Balaban J connectivity index is 1.49. The van der Waals surface area contributed by atoms with Gasteiger partial charge in [0.05, 0.1) is 26.1 Å². The fraction of sp³-hybridized carbons (Fsp3) is 0.227. The molecule has 8 nitrogen and oxygen atoms in total. The van der Waals surface area contributed by atoms with Gasteiger partial charge in [-0.05, 0) is 36.4 Å². The van der Waals surface area contributed by atoms with Crippen molar-refractivity contribution in [3.63, 3.8) is 0 Å². The molecule has 0 aliphatic carbocycles. The van der Waals surface area contributed by atoms with Gasteiger partial charge in [-0.2, -0.15) is 0 Å². The summed E-state index contributed by atoms with van der Waals surface area (Å²) in [5.74, 6) is -0.562. The normalized spacial score (nSPS) is 13.7. The monoisotopic (exact) mass is 422 g/mol. The molecule has 0 atom stereocenters. The van der Waals surface area contributed by atoms with Gasteiger partial charge in [0, 0.05) is 35.6 Å². The van der Waals surface area contributed by atoms with Crippen molar-refractivity contribution in [3.8, 4) is 11.3 Å². The summed E-state index contributed by atoms with van der Waals surface area (Å²) in [6, 6.07) is 14.4. The molecule has 2 aromatic carbocycles. The van der Waals surface area contributed by atoms with Crippen LogP contribution in [0.25, 0.3) is 11.3 Å². The molecule has 1 aliphatic heterocycles. The van der Waals surface area contributed by atoms with Gasteiger partial charge >= 0.3 is 0 Å². The molecule has 31 heavy (non-hydrogen) atoms. The SMILES string of the molecule is NCNC(=O)c1ccc(-c2nc(Nc3ccc(N4CCOCC4)cc3)ncc2F)cc1. The summed E-state index contributed by atoms with van der Waals surface area (Å²) < 4.78 is 19.8. The highest BCUT2D eigenvalue weighted by atomic mass is 19.1. The first-order chi connectivity index (χ1) is 15.1. The molecule has 1 aromatic heterocycles. The van der Waals surface area contributed by atoms with Crippen molar-refractivity contribution in [1.29, 1.82) is 0 Å². The fourth-order valence-electron chi connectivity index (χ4n) is 3.31. The van der Waals surface area contributed by atoms with E-state index < -0.39 is 5.82 Å². The van der Waals surface area contributed by atoms with E-state index in [1.54, 1.807) is 24.3 Å². The van der Waals surface area contributed by atoms with Gasteiger partial charge < -0.3 is 26.0 Å². The van der Waals surface area contributed by atoms with Crippen LogP contribution in [-0.4, -0.2) is 48.8 Å². The standard InChI is InChI=1S/C22H23FN6O2/c23-19-13-25-22(27-17-5-7-18(8-6-17)29-9-11-31-12-10-29)28-20(19)15-1-3-16(4-2-15)21(30)26-14-24/h1-8,13H,9-12,14,24H2,(H,26,30)(H,25,27,28). The number of aromatic nitrogens is 2. The molecule has 0 bridgehead atoms. The number of rotatable bonds is 6. The van der Waals surface area contributed by atoms with Crippen molar-refractivity contribution < 1.29 is 13.9 Å². The Labute approximate surface area is 179 Å². The quantitative estimate of drug-likeness (QED) is 0.524. The summed E-state index contributed by atoms with van der Waals surface area (Å²) in [4.78, 5) is 22.4. The van der Waals surface area contributed by atoms with Crippen molar-refractivity contribution in [2.45, 2.75) is 0 Å². The number of carbonyl (C=O) groups is 1. The average Bonchev–Trinajstić information content (AvgIpc) is 2.82. The number of hydrogen-bond donors (Lipinski definition) is 3. The largest absolute Gasteiger partial charge is 0.378 e. The second-order valence-corrected chi connectivity index (χ2v) is 6.95. The number of hydrogen-bond acceptors (Lipinski definition) is 7. The van der Waals surface area contributed by atoms with Crippen LogP contribution < -0.4 is 21.3 Å². The second kappa shape index (κ2) is 9.50. The third-order valence-corrected chi connectivity index (χ3v) is 4.93. The van der Waals surface area contributed by atoms with Crippen LogP contribution in [0.2, 0.25) is 0 Å². The van der Waals surface area contributed by atoms with Crippen molar-refractivity contribution >= 4 is 23.2 Å². The third-order valence-electron chi connectivity index (χ3n) is 4.93. The molecule has 0 saturated carbocycles. The first kappa shape index (κ1) is 20.7. The number of anilines is 3. The molecule has 4 rings (SSSR count). The summed E-state index contributed by atoms with van der Waals surface area (Å²) in [5, 5.41) is 5.62. The van der Waals surface area contributed by atoms with Gasteiger partial charge in [0.2, 0.25) is 5.95 Å². The maximum Gasteiger partial charge on any atom is 0.252 e. The molecule has 0 radical (unpaired) electrons. The fourth-order valence-corrected chi connectivity index (χ4v) is 3.31. The summed E-state index contributed by atoms with van der Waals surface area (Å²) in [5.41, 5.74) is 8.35. The van der Waals surface area contributed by atoms with E-state index in [4.69, 9.17) is 10.5 Å². The number of benzene rings is 2. The number of nitrogens with one attached hydrogen (secondary N) is 2. The molecular weight excluding hydrogens is 399 g/mol. The van der Waals surface area contributed by atoms with Crippen LogP contribution in [0.3, 0.4) is 0 Å². The molecule has 2 heterocycles. The van der Waals surface area contributed by atoms with Gasteiger partial charge in [-0.3, -0.25) is 4.79 Å². The lowest BCUT2D eigenvalue weighted by atomic mass is 10.1. The number of nitrogens with zero attached hydrogens (tertiary/aromatic N) is 3. The maximum atomic E-state index is 14.4. The van der Waals surface area contributed by atoms with E-state index in [-0.39, 0.29) is 24.2 Å². The molecule has 1 amide bonds. The Morgan fingerprint density at radius 1 is 1.10 bits per heavy atom. The Bertz CT molecular complexity index is 1040. The van der Waals surface area contributed by atoms with Gasteiger partial charge in [0.15, 0.2) is 5.82 Å². The van der Waals surface area contributed by atoms with Crippen LogP contribution in [0.15, 0.2) is 54.7 Å². The molecule has 1 saturated heterocycles. The Kier molecular flexibility index (Phi) is 6.34. The molecule has 1 fully saturated rings. The zero-order chi connectivity index (χ0) is 21.6. The highest BCUT2D eigenvalue weighted by Gasteiger charge is 2.13. The molecule has 1 aliphatic rings. The van der Waals surface area contributed by atoms with Gasteiger partial charge in [0.1, 0.15) is 5.69 Å². The third kappa shape index (κ3) is 4.96. The first-order valence-electron chi connectivity index (χ1n) is 9.95.